The van der Waals surface area contributed by atoms with Crippen LogP contribution in [0.15, 0.2) is 0 Å². The van der Waals surface area contributed by atoms with Crippen LogP contribution in [0.25, 0.3) is 0 Å². The Labute approximate surface area is 251 Å². The zero-order valence-corrected chi connectivity index (χ0v) is 25.5. The topological polar surface area (TPSA) is 348 Å². The summed E-state index contributed by atoms with van der Waals surface area (Å²) in [6.45, 7) is 4.75. The largest absolute Gasteiger partial charge is 0.481 e. The maximum absolute atomic E-state index is 9.37. The molecule has 0 aromatic heterocycles. The van der Waals surface area contributed by atoms with E-state index in [9.17, 15) is 24.0 Å². The van der Waals surface area contributed by atoms with Gasteiger partial charge in [-0.25, -0.2) is 0 Å². The third-order valence-electron chi connectivity index (χ3n) is 4.20. The fourth-order valence-electron chi connectivity index (χ4n) is 0.600. The van der Waals surface area contributed by atoms with Crippen LogP contribution in [0.2, 0.25) is 0 Å². The number of aliphatic carboxylic acids is 5. The molecule has 0 aliphatic heterocycles. The molecular weight excluding hydrogens is 588 g/mol. The first-order chi connectivity index (χ1) is 19.8. The molecule has 0 spiro atoms. The molecule has 0 fully saturated rings. The van der Waals surface area contributed by atoms with Crippen LogP contribution in [-0.4, -0.2) is 149 Å². The van der Waals surface area contributed by atoms with E-state index in [4.69, 9.17) is 66.4 Å². The Hall–Kier alpha value is -2.97. The molecule has 262 valence electrons. The fourth-order valence-corrected chi connectivity index (χ4v) is 0.600. The summed E-state index contributed by atoms with van der Waals surface area (Å²) in [5, 5.41) is 107. The molecule has 0 radical (unpaired) electrons. The highest BCUT2D eigenvalue weighted by Gasteiger charge is 2.27. The van der Waals surface area contributed by atoms with E-state index in [1.807, 2.05) is 0 Å². The number of aliphatic hydroxyl groups is 8. The Balaban J connectivity index is -0.0000000718. The normalized spacial score (nSPS) is 9.33. The molecule has 0 aliphatic carbocycles. The molecule has 0 rings (SSSR count). The van der Waals surface area contributed by atoms with Crippen LogP contribution in [0.3, 0.4) is 0 Å². The Morgan fingerprint density at radius 2 is 0.395 bits per heavy atom. The zero-order valence-electron chi connectivity index (χ0n) is 25.5. The van der Waals surface area contributed by atoms with E-state index in [-0.39, 0.29) is 32.1 Å². The average molecular weight is 643 g/mol. The van der Waals surface area contributed by atoms with Crippen molar-refractivity contribution in [2.45, 2.75) is 66.7 Å². The molecule has 18 heteroatoms. The van der Waals surface area contributed by atoms with Crippen LogP contribution in [0.4, 0.5) is 0 Å². The van der Waals surface area contributed by atoms with Crippen LogP contribution in [-0.2, 0) is 24.0 Å². The minimum atomic E-state index is -1.11. The van der Waals surface area contributed by atoms with Crippen molar-refractivity contribution < 1.29 is 90.4 Å². The maximum Gasteiger partial charge on any atom is 0.303 e. The summed E-state index contributed by atoms with van der Waals surface area (Å²) in [6.07, 6.45) is 1.11. The van der Waals surface area contributed by atoms with Crippen molar-refractivity contribution in [2.75, 3.05) is 52.9 Å². The standard InChI is InChI=1S/2C5H12O4.5C3H6O2/c2*6-1-5(2-7,3-8)4-9;5*1-2-3(4)5/h2*6-9H,1-4H2;5*2H2,1H3,(H,4,5). The van der Waals surface area contributed by atoms with E-state index in [0.29, 0.717) is 0 Å². The second kappa shape index (κ2) is 41.2. The molecule has 0 atom stereocenters. The predicted octanol–water partition coefficient (Wildman–Crippen LogP) is -1.71. The second-order valence-electron chi connectivity index (χ2n) is 8.00. The number of carbonyl (C=O) groups is 5. The zero-order chi connectivity index (χ0) is 36.1. The summed E-state index contributed by atoms with van der Waals surface area (Å²) in [4.78, 5) is 46.8. The average Bonchev–Trinajstić information content (AvgIpc) is 3.01. The number of carboxylic acid groups (broad SMARTS) is 5. The van der Waals surface area contributed by atoms with E-state index in [1.54, 1.807) is 34.6 Å². The number of aliphatic hydroxyl groups excluding tert-OH is 8. The van der Waals surface area contributed by atoms with E-state index in [1.165, 1.54) is 0 Å². The molecule has 0 heterocycles. The van der Waals surface area contributed by atoms with Gasteiger partial charge in [-0.2, -0.15) is 0 Å². The first-order valence-electron chi connectivity index (χ1n) is 12.8. The predicted molar refractivity (Wildman–Crippen MR) is 151 cm³/mol. The molecule has 43 heavy (non-hydrogen) atoms. The molecule has 0 unspecified atom stereocenters. The van der Waals surface area contributed by atoms with Gasteiger partial charge in [-0.05, 0) is 0 Å². The Morgan fingerprint density at radius 1 is 0.326 bits per heavy atom. The summed E-state index contributed by atoms with van der Waals surface area (Å²) in [5.74, 6) is -3.73. The van der Waals surface area contributed by atoms with E-state index >= 15 is 0 Å². The third kappa shape index (κ3) is 55.6. The highest BCUT2D eigenvalue weighted by atomic mass is 16.4. The molecule has 0 saturated carbocycles. The van der Waals surface area contributed by atoms with E-state index < -0.39 is 93.5 Å². The van der Waals surface area contributed by atoms with Gasteiger partial charge in [0.25, 0.3) is 0 Å². The summed E-state index contributed by atoms with van der Waals surface area (Å²) >= 11 is 0. The van der Waals surface area contributed by atoms with Gasteiger partial charge in [0, 0.05) is 32.1 Å². The van der Waals surface area contributed by atoms with Crippen LogP contribution in [0, 0.1) is 10.8 Å². The van der Waals surface area contributed by atoms with Crippen molar-refractivity contribution in [3.63, 3.8) is 0 Å². The summed E-state index contributed by atoms with van der Waals surface area (Å²) in [6, 6.07) is 0. The van der Waals surface area contributed by atoms with Crippen LogP contribution in [0.5, 0.6) is 0 Å². The lowest BCUT2D eigenvalue weighted by molar-refractivity contribution is -0.137. The van der Waals surface area contributed by atoms with Gasteiger partial charge in [0.1, 0.15) is 0 Å². The third-order valence-corrected chi connectivity index (χ3v) is 4.20. The summed E-state index contributed by atoms with van der Waals surface area (Å²) < 4.78 is 0. The van der Waals surface area contributed by atoms with Crippen molar-refractivity contribution in [3.8, 4) is 0 Å². The quantitative estimate of drug-likeness (QED) is 0.106. The molecule has 0 saturated heterocycles. The lowest BCUT2D eigenvalue weighted by Crippen LogP contribution is -2.37. The van der Waals surface area contributed by atoms with Crippen molar-refractivity contribution in [1.29, 1.82) is 0 Å². The van der Waals surface area contributed by atoms with E-state index in [0.717, 1.165) is 0 Å². The molecule has 0 aliphatic rings. The van der Waals surface area contributed by atoms with Gasteiger partial charge in [0.15, 0.2) is 0 Å². The van der Waals surface area contributed by atoms with Gasteiger partial charge < -0.3 is 66.4 Å². The molecule has 0 amide bonds. The molecule has 13 N–H and O–H groups in total. The molecule has 0 bridgehead atoms. The second-order valence-corrected chi connectivity index (χ2v) is 8.00. The number of rotatable bonds is 13. The Kier molecular flexibility index (Phi) is 53.5. The minimum absolute atomic E-state index is 0.222. The van der Waals surface area contributed by atoms with Crippen molar-refractivity contribution in [3.05, 3.63) is 0 Å². The molecular formula is C25H54O18. The molecule has 18 nitrogen and oxygen atoms in total. The van der Waals surface area contributed by atoms with Gasteiger partial charge in [0.2, 0.25) is 0 Å². The smallest absolute Gasteiger partial charge is 0.303 e. The van der Waals surface area contributed by atoms with Crippen molar-refractivity contribution in [2.24, 2.45) is 10.8 Å². The van der Waals surface area contributed by atoms with Crippen molar-refractivity contribution in [1.82, 2.24) is 0 Å². The van der Waals surface area contributed by atoms with Gasteiger partial charge in [-0.1, -0.05) is 34.6 Å². The molecule has 0 aromatic carbocycles. The molecule has 0 aromatic rings. The first kappa shape index (κ1) is 55.9. The highest BCUT2D eigenvalue weighted by molar-refractivity contribution is 5.67. The number of carboxylic acids is 5. The lowest BCUT2D eigenvalue weighted by Gasteiger charge is -2.23. The van der Waals surface area contributed by atoms with Gasteiger partial charge >= 0.3 is 29.8 Å². The fraction of sp³-hybridized carbons (Fsp3) is 0.800. The number of hydrogen-bond donors (Lipinski definition) is 13. The van der Waals surface area contributed by atoms with Gasteiger partial charge in [-0.3, -0.25) is 24.0 Å². The highest BCUT2D eigenvalue weighted by Crippen LogP contribution is 2.12. The van der Waals surface area contributed by atoms with Crippen LogP contribution >= 0.6 is 0 Å². The summed E-state index contributed by atoms with van der Waals surface area (Å²) in [7, 11) is 0. The van der Waals surface area contributed by atoms with Gasteiger partial charge in [0.05, 0.1) is 63.7 Å². The first-order valence-corrected chi connectivity index (χ1v) is 12.8. The lowest BCUT2D eigenvalue weighted by atomic mass is 9.93. The summed E-state index contributed by atoms with van der Waals surface area (Å²) in [5.41, 5.74) is -2.22. The maximum atomic E-state index is 9.37. The van der Waals surface area contributed by atoms with Gasteiger partial charge in [-0.15, -0.1) is 0 Å². The van der Waals surface area contributed by atoms with Crippen molar-refractivity contribution >= 4 is 29.8 Å². The van der Waals surface area contributed by atoms with Crippen LogP contribution in [0.1, 0.15) is 66.7 Å². The minimum Gasteiger partial charge on any atom is -0.481 e. The Morgan fingerprint density at radius 3 is 0.395 bits per heavy atom. The SMILES string of the molecule is CCC(=O)O.CCC(=O)O.CCC(=O)O.CCC(=O)O.CCC(=O)O.OCC(CO)(CO)CO.OCC(CO)(CO)CO. The monoisotopic (exact) mass is 642 g/mol. The number of hydrogen-bond acceptors (Lipinski definition) is 13. The van der Waals surface area contributed by atoms with Crippen LogP contribution < -0.4 is 0 Å². The van der Waals surface area contributed by atoms with E-state index in [2.05, 4.69) is 0 Å². The Bertz CT molecular complexity index is 510.